The molecule has 1 atom stereocenters. The van der Waals surface area contributed by atoms with Gasteiger partial charge in [-0.05, 0) is 42.7 Å². The molecule has 2 rings (SSSR count). The first-order chi connectivity index (χ1) is 10.7. The number of rotatable bonds is 8. The van der Waals surface area contributed by atoms with E-state index in [2.05, 4.69) is 11.6 Å². The molecule has 1 aromatic carbocycles. The van der Waals surface area contributed by atoms with Crippen LogP contribution in [0.3, 0.4) is 0 Å². The van der Waals surface area contributed by atoms with Crippen molar-refractivity contribution in [1.82, 2.24) is 4.98 Å². The maximum absolute atomic E-state index is 6.24. The molecule has 0 spiro atoms. The lowest BCUT2D eigenvalue weighted by Crippen LogP contribution is -2.13. The van der Waals surface area contributed by atoms with Gasteiger partial charge in [0.05, 0.1) is 6.61 Å². The Balaban J connectivity index is 2.14. The zero-order chi connectivity index (χ0) is 15.8. The molecular weight excluding hydrogens is 276 g/mol. The minimum atomic E-state index is -0.0943. The molecule has 4 nitrogen and oxygen atoms in total. The van der Waals surface area contributed by atoms with E-state index in [1.54, 1.807) is 18.5 Å². The summed E-state index contributed by atoms with van der Waals surface area (Å²) in [4.78, 5) is 4.11. The average molecular weight is 298 g/mol. The molecule has 4 heteroatoms. The third-order valence-corrected chi connectivity index (χ3v) is 3.23. The molecule has 0 saturated heterocycles. The van der Waals surface area contributed by atoms with Crippen LogP contribution in [0.1, 0.15) is 24.1 Å². The molecule has 2 N–H and O–H groups in total. The second-order valence-electron chi connectivity index (χ2n) is 4.91. The maximum atomic E-state index is 6.24. The molecule has 0 bridgehead atoms. The van der Waals surface area contributed by atoms with Crippen molar-refractivity contribution in [3.05, 3.63) is 66.5 Å². The van der Waals surface area contributed by atoms with Gasteiger partial charge in [0.2, 0.25) is 0 Å². The van der Waals surface area contributed by atoms with Crippen molar-refractivity contribution in [2.24, 2.45) is 5.73 Å². The van der Waals surface area contributed by atoms with Gasteiger partial charge in [0.15, 0.2) is 11.5 Å². The predicted octanol–water partition coefficient (Wildman–Crippen LogP) is 3.29. The lowest BCUT2D eigenvalue weighted by Gasteiger charge is -2.15. The van der Waals surface area contributed by atoms with E-state index in [0.717, 1.165) is 22.6 Å². The van der Waals surface area contributed by atoms with Gasteiger partial charge < -0.3 is 15.2 Å². The van der Waals surface area contributed by atoms with Gasteiger partial charge in [-0.1, -0.05) is 24.8 Å². The maximum Gasteiger partial charge on any atom is 0.161 e. The van der Waals surface area contributed by atoms with Crippen LogP contribution in [-0.2, 0) is 6.42 Å². The van der Waals surface area contributed by atoms with Crippen molar-refractivity contribution in [2.45, 2.75) is 19.4 Å². The quantitative estimate of drug-likeness (QED) is 0.760. The number of nitrogens with zero attached hydrogens (tertiary/aromatic N) is 1. The van der Waals surface area contributed by atoms with Crippen LogP contribution in [0, 0.1) is 0 Å². The SMILES string of the molecule is C=CCOc1ccc(CC(N)c2cccnc2)cc1OCC. The highest BCUT2D eigenvalue weighted by molar-refractivity contribution is 5.43. The smallest absolute Gasteiger partial charge is 0.161 e. The Morgan fingerprint density at radius 3 is 2.82 bits per heavy atom. The van der Waals surface area contributed by atoms with Gasteiger partial charge in [-0.15, -0.1) is 0 Å². The predicted molar refractivity (Wildman–Crippen MR) is 88.2 cm³/mol. The molecule has 22 heavy (non-hydrogen) atoms. The first kappa shape index (κ1) is 16.0. The van der Waals surface area contributed by atoms with Crippen molar-refractivity contribution in [2.75, 3.05) is 13.2 Å². The zero-order valence-corrected chi connectivity index (χ0v) is 12.9. The lowest BCUT2D eigenvalue weighted by atomic mass is 10.0. The van der Waals surface area contributed by atoms with Gasteiger partial charge in [-0.3, -0.25) is 4.98 Å². The molecule has 1 aromatic heterocycles. The fraction of sp³-hybridized carbons (Fsp3) is 0.278. The Bertz CT molecular complexity index is 599. The third-order valence-electron chi connectivity index (χ3n) is 3.23. The second kappa shape index (κ2) is 8.20. The number of hydrogen-bond acceptors (Lipinski definition) is 4. The number of benzene rings is 1. The molecule has 116 valence electrons. The van der Waals surface area contributed by atoms with E-state index in [1.807, 2.05) is 37.3 Å². The Hall–Kier alpha value is -2.33. The average Bonchev–Trinajstić information content (AvgIpc) is 2.55. The summed E-state index contributed by atoms with van der Waals surface area (Å²) in [7, 11) is 0. The van der Waals surface area contributed by atoms with Gasteiger partial charge in [0, 0.05) is 18.4 Å². The Morgan fingerprint density at radius 1 is 1.27 bits per heavy atom. The van der Waals surface area contributed by atoms with E-state index < -0.39 is 0 Å². The molecule has 2 aromatic rings. The van der Waals surface area contributed by atoms with Crippen LogP contribution in [0.25, 0.3) is 0 Å². The van der Waals surface area contributed by atoms with E-state index in [0.29, 0.717) is 19.6 Å². The van der Waals surface area contributed by atoms with Gasteiger partial charge in [-0.2, -0.15) is 0 Å². The Labute approximate surface area is 131 Å². The largest absolute Gasteiger partial charge is 0.490 e. The summed E-state index contributed by atoms with van der Waals surface area (Å²) in [6, 6.07) is 9.70. The Kier molecular flexibility index (Phi) is 5.98. The van der Waals surface area contributed by atoms with Gasteiger partial charge in [0.25, 0.3) is 0 Å². The standard InChI is InChI=1S/C18H22N2O2/c1-3-10-22-17-8-7-14(12-18(17)21-4-2)11-16(19)15-6-5-9-20-13-15/h3,5-9,12-13,16H,1,4,10-11,19H2,2H3. The second-order valence-corrected chi connectivity index (χ2v) is 4.91. The fourth-order valence-electron chi connectivity index (χ4n) is 2.18. The minimum absolute atomic E-state index is 0.0943. The summed E-state index contributed by atoms with van der Waals surface area (Å²) in [5.41, 5.74) is 8.37. The van der Waals surface area contributed by atoms with E-state index in [-0.39, 0.29) is 6.04 Å². The monoisotopic (exact) mass is 298 g/mol. The molecular formula is C18H22N2O2. The van der Waals surface area contributed by atoms with Crippen LogP contribution in [0.5, 0.6) is 11.5 Å². The van der Waals surface area contributed by atoms with E-state index in [1.165, 1.54) is 0 Å². The number of pyridine rings is 1. The summed E-state index contributed by atoms with van der Waals surface area (Å²) < 4.78 is 11.2. The number of hydrogen-bond donors (Lipinski definition) is 1. The highest BCUT2D eigenvalue weighted by Gasteiger charge is 2.11. The van der Waals surface area contributed by atoms with Crippen LogP contribution in [-0.4, -0.2) is 18.2 Å². The topological polar surface area (TPSA) is 57.4 Å². The number of ether oxygens (including phenoxy) is 2. The van der Waals surface area contributed by atoms with Crippen molar-refractivity contribution >= 4 is 0 Å². The van der Waals surface area contributed by atoms with Crippen LogP contribution in [0.15, 0.2) is 55.4 Å². The summed E-state index contributed by atoms with van der Waals surface area (Å²) in [6.07, 6.45) is 5.97. The zero-order valence-electron chi connectivity index (χ0n) is 12.9. The summed E-state index contributed by atoms with van der Waals surface area (Å²) >= 11 is 0. The lowest BCUT2D eigenvalue weighted by molar-refractivity contribution is 0.296. The molecule has 1 heterocycles. The minimum Gasteiger partial charge on any atom is -0.490 e. The van der Waals surface area contributed by atoms with Crippen LogP contribution in [0.4, 0.5) is 0 Å². The van der Waals surface area contributed by atoms with E-state index in [9.17, 15) is 0 Å². The van der Waals surface area contributed by atoms with Crippen molar-refractivity contribution in [3.8, 4) is 11.5 Å². The Morgan fingerprint density at radius 2 is 2.14 bits per heavy atom. The van der Waals surface area contributed by atoms with Crippen LogP contribution >= 0.6 is 0 Å². The highest BCUT2D eigenvalue weighted by Crippen LogP contribution is 2.30. The molecule has 1 unspecified atom stereocenters. The molecule has 0 aliphatic carbocycles. The van der Waals surface area contributed by atoms with Gasteiger partial charge in [0.1, 0.15) is 6.61 Å². The molecule has 0 amide bonds. The van der Waals surface area contributed by atoms with E-state index >= 15 is 0 Å². The van der Waals surface area contributed by atoms with Crippen molar-refractivity contribution in [1.29, 1.82) is 0 Å². The third kappa shape index (κ3) is 4.33. The van der Waals surface area contributed by atoms with Crippen LogP contribution < -0.4 is 15.2 Å². The normalized spacial score (nSPS) is 11.7. The van der Waals surface area contributed by atoms with Crippen molar-refractivity contribution < 1.29 is 9.47 Å². The first-order valence-electron chi connectivity index (χ1n) is 7.39. The van der Waals surface area contributed by atoms with Crippen molar-refractivity contribution in [3.63, 3.8) is 0 Å². The van der Waals surface area contributed by atoms with Gasteiger partial charge in [-0.25, -0.2) is 0 Å². The number of nitrogens with two attached hydrogens (primary N) is 1. The molecule has 0 saturated carbocycles. The molecule has 0 fully saturated rings. The fourth-order valence-corrected chi connectivity index (χ4v) is 2.18. The van der Waals surface area contributed by atoms with E-state index in [4.69, 9.17) is 15.2 Å². The number of aromatic nitrogens is 1. The summed E-state index contributed by atoms with van der Waals surface area (Å²) in [6.45, 7) is 6.64. The summed E-state index contributed by atoms with van der Waals surface area (Å²) in [5.74, 6) is 1.46. The first-order valence-corrected chi connectivity index (χ1v) is 7.39. The highest BCUT2D eigenvalue weighted by atomic mass is 16.5. The molecule has 0 radical (unpaired) electrons. The van der Waals surface area contributed by atoms with Gasteiger partial charge >= 0.3 is 0 Å². The van der Waals surface area contributed by atoms with Crippen LogP contribution in [0.2, 0.25) is 0 Å². The molecule has 0 aliphatic rings. The molecule has 0 aliphatic heterocycles. The summed E-state index contributed by atoms with van der Waals surface area (Å²) in [5, 5.41) is 0.